The summed E-state index contributed by atoms with van der Waals surface area (Å²) in [6.45, 7) is 0. The minimum absolute atomic E-state index is 0. The smallest absolute Gasteiger partial charge is 0.00191 e. The van der Waals surface area contributed by atoms with E-state index in [-0.39, 0.29) is 28.8 Å². The van der Waals surface area contributed by atoms with E-state index in [0.717, 1.165) is 0 Å². The molecule has 0 heterocycles. The van der Waals surface area contributed by atoms with Crippen LogP contribution in [0.3, 0.4) is 0 Å². The molecule has 1 radical (unpaired) electrons. The quantitative estimate of drug-likeness (QED) is 0.455. The van der Waals surface area contributed by atoms with Gasteiger partial charge in [0.1, 0.15) is 0 Å². The molecule has 0 aromatic rings. The number of hydrogen-bond acceptors (Lipinski definition) is 1. The molecular weight excluding hydrogens is 230 g/mol. The zero-order valence-corrected chi connectivity index (χ0v) is 8.27. The molecule has 5 heavy (non-hydrogen) atoms. The topological polar surface area (TPSA) is 0 Å². The predicted octanol–water partition coefficient (Wildman–Crippen LogP) is 2.02. The van der Waals surface area contributed by atoms with Crippen LogP contribution in [0.5, 0.6) is 0 Å². The first-order valence-corrected chi connectivity index (χ1v) is 4.81. The van der Waals surface area contributed by atoms with Crippen molar-refractivity contribution in [3.05, 3.63) is 0 Å². The Hall–Kier alpha value is 2.34. The fourth-order valence-electron chi connectivity index (χ4n) is 0. The van der Waals surface area contributed by atoms with E-state index in [1.807, 2.05) is 0 Å². The monoisotopic (exact) mass is 231 g/mol. The molecule has 0 spiro atoms. The third kappa shape index (κ3) is 21.8. The van der Waals surface area contributed by atoms with Gasteiger partial charge < -0.3 is 0 Å². The van der Waals surface area contributed by atoms with Gasteiger partial charge in [-0.2, -0.15) is 9.90 Å². The molecular formula is H3Br2LiPS. The summed E-state index contributed by atoms with van der Waals surface area (Å²) in [5.41, 5.74) is 0. The van der Waals surface area contributed by atoms with Gasteiger partial charge in [-0.3, -0.25) is 0 Å². The molecule has 0 saturated carbocycles. The van der Waals surface area contributed by atoms with E-state index in [1.165, 1.54) is 8.63 Å². The second-order valence-corrected chi connectivity index (χ2v) is 4.72. The maximum Gasteiger partial charge on any atom is 0.00191 e. The van der Waals surface area contributed by atoms with Crippen LogP contribution in [0.4, 0.5) is 0 Å². The summed E-state index contributed by atoms with van der Waals surface area (Å²) < 4.78 is 0. The normalized spacial score (nSPS) is 3.60. The summed E-state index contributed by atoms with van der Waals surface area (Å²) >= 11 is 5.96. The van der Waals surface area contributed by atoms with Gasteiger partial charge in [-0.25, -0.2) is 0 Å². The van der Waals surface area contributed by atoms with Gasteiger partial charge >= 0.3 is 0 Å². The molecule has 0 aliphatic carbocycles. The van der Waals surface area contributed by atoms with Crippen molar-refractivity contribution in [3.8, 4) is 0 Å². The molecule has 0 nitrogen and oxygen atoms in total. The van der Waals surface area contributed by atoms with Gasteiger partial charge in [-0.05, 0) is 8.63 Å². The zero-order valence-electron chi connectivity index (χ0n) is 2.87. The summed E-state index contributed by atoms with van der Waals surface area (Å²) in [7, 11) is 1.38. The molecule has 0 aromatic heterocycles. The van der Waals surface area contributed by atoms with Crippen molar-refractivity contribution < 1.29 is 0 Å². The maximum atomic E-state index is 2.98. The number of hydrogen-bond donors (Lipinski definition) is 0. The first-order valence-electron chi connectivity index (χ1n) is 0.309. The summed E-state index contributed by atoms with van der Waals surface area (Å²) in [4.78, 5) is 0. The Morgan fingerprint density at radius 3 is 1.20 bits per heavy atom. The van der Waals surface area contributed by atoms with Crippen molar-refractivity contribution >= 4 is 67.0 Å². The molecule has 0 N–H and O–H groups in total. The van der Waals surface area contributed by atoms with Gasteiger partial charge in [-0.1, -0.05) is 0 Å². The van der Waals surface area contributed by atoms with E-state index in [1.54, 1.807) is 0 Å². The Morgan fingerprint density at radius 2 is 1.20 bits per heavy atom. The number of halogens is 2. The average molecular weight is 233 g/mol. The first-order chi connectivity index (χ1) is 1.41. The molecule has 0 amide bonds. The Kier molecular flexibility index (Phi) is 50.8. The molecule has 0 aromatic carbocycles. The molecule has 29 valence electrons. The van der Waals surface area contributed by atoms with E-state index in [0.29, 0.717) is 0 Å². The Balaban J connectivity index is -0.0000000200. The van der Waals surface area contributed by atoms with Crippen molar-refractivity contribution in [3.63, 3.8) is 0 Å². The van der Waals surface area contributed by atoms with Crippen molar-refractivity contribution in [1.82, 2.24) is 0 Å². The summed E-state index contributed by atoms with van der Waals surface area (Å²) in [5, 5.41) is 0. The van der Waals surface area contributed by atoms with Gasteiger partial charge in [0.2, 0.25) is 0 Å². The van der Waals surface area contributed by atoms with Crippen LogP contribution in [0.25, 0.3) is 0 Å². The molecule has 0 saturated heterocycles. The van der Waals surface area contributed by atoms with Gasteiger partial charge in [-0.15, -0.1) is 0 Å². The van der Waals surface area contributed by atoms with E-state index in [4.69, 9.17) is 0 Å². The third-order valence-corrected chi connectivity index (χ3v) is 0. The Bertz CT molecular complexity index is 9.61. The van der Waals surface area contributed by atoms with Crippen molar-refractivity contribution in [2.75, 3.05) is 0 Å². The molecule has 0 bridgehead atoms. The van der Waals surface area contributed by atoms with E-state index < -0.39 is 0 Å². The van der Waals surface area contributed by atoms with Crippen LogP contribution in [0, 0.1) is 0 Å². The second-order valence-electron chi connectivity index (χ2n) is 0.0583. The minimum Gasteiger partial charge on any atom is -0.153 e. The van der Waals surface area contributed by atoms with Crippen molar-refractivity contribution in [2.24, 2.45) is 0 Å². The number of rotatable bonds is 0. The fraction of sp³-hybridized carbons (Fsp3) is 0. The minimum atomic E-state index is 0. The SMILES string of the molecule is BrSBr.P.[Li]. The molecule has 1 unspecified atom stereocenters. The van der Waals surface area contributed by atoms with Crippen molar-refractivity contribution in [1.29, 1.82) is 0 Å². The molecule has 0 rings (SSSR count). The predicted molar refractivity (Wildman–Crippen MR) is 42.3 cm³/mol. The fourth-order valence-corrected chi connectivity index (χ4v) is 0. The standard InChI is InChI=1S/Br2S.Li.H3P/c1-3-2;;/h;;1H3. The van der Waals surface area contributed by atoms with Crippen LogP contribution in [-0.4, -0.2) is 18.9 Å². The van der Waals surface area contributed by atoms with Crippen LogP contribution in [0.2, 0.25) is 0 Å². The van der Waals surface area contributed by atoms with Gasteiger partial charge in [0.15, 0.2) is 0 Å². The van der Waals surface area contributed by atoms with Crippen LogP contribution >= 0.6 is 48.2 Å². The molecule has 0 aliphatic heterocycles. The molecule has 0 fully saturated rings. The molecule has 1 atom stereocenters. The van der Waals surface area contributed by atoms with Crippen molar-refractivity contribution in [2.45, 2.75) is 0 Å². The summed E-state index contributed by atoms with van der Waals surface area (Å²) in [6, 6.07) is 0. The molecule has 0 aliphatic rings. The van der Waals surface area contributed by atoms with Gasteiger partial charge in [0.05, 0.1) is 0 Å². The zero-order chi connectivity index (χ0) is 2.71. The van der Waals surface area contributed by atoms with E-state index in [9.17, 15) is 0 Å². The van der Waals surface area contributed by atoms with E-state index >= 15 is 0 Å². The summed E-state index contributed by atoms with van der Waals surface area (Å²) in [5.74, 6) is 0. The van der Waals surface area contributed by atoms with Gasteiger partial charge in [0, 0.05) is 48.5 Å². The maximum absolute atomic E-state index is 2.98. The first kappa shape index (κ1) is 15.7. The molecule has 5 heteroatoms. The average Bonchev–Trinajstić information content (AvgIpc) is 0.918. The van der Waals surface area contributed by atoms with Gasteiger partial charge in [0.25, 0.3) is 0 Å². The van der Waals surface area contributed by atoms with Crippen LogP contribution in [-0.2, 0) is 0 Å². The summed E-state index contributed by atoms with van der Waals surface area (Å²) in [6.07, 6.45) is 0. The van der Waals surface area contributed by atoms with Crippen LogP contribution < -0.4 is 0 Å². The Labute approximate surface area is 66.4 Å². The third-order valence-electron chi connectivity index (χ3n) is 0. The van der Waals surface area contributed by atoms with E-state index in [2.05, 4.69) is 29.6 Å². The largest absolute Gasteiger partial charge is 0.153 e. The second kappa shape index (κ2) is 16.2. The van der Waals surface area contributed by atoms with Crippen LogP contribution in [0.15, 0.2) is 0 Å². The Morgan fingerprint density at radius 1 is 1.20 bits per heavy atom. The van der Waals surface area contributed by atoms with Crippen LogP contribution in [0.1, 0.15) is 0 Å².